The van der Waals surface area contributed by atoms with E-state index >= 15 is 0 Å². The third-order valence-corrected chi connectivity index (χ3v) is 0.641. The highest BCUT2D eigenvalue weighted by Gasteiger charge is 1.78. The molecule has 0 bridgehead atoms. The van der Waals surface area contributed by atoms with Crippen molar-refractivity contribution in [2.75, 3.05) is 13.1 Å². The van der Waals surface area contributed by atoms with E-state index in [0.717, 1.165) is 0 Å². The fraction of sp³-hybridized carbons (Fsp3) is 0.500. The van der Waals surface area contributed by atoms with Crippen LogP contribution < -0.4 is 5.32 Å². The maximum Gasteiger partial charge on any atom is 0.0635 e. The van der Waals surface area contributed by atoms with E-state index in [0.29, 0.717) is 19.5 Å². The van der Waals surface area contributed by atoms with Crippen molar-refractivity contribution in [2.45, 2.75) is 6.42 Å². The SMILES string of the molecule is C#CCNCCC#N. The van der Waals surface area contributed by atoms with Gasteiger partial charge in [-0.2, -0.15) is 5.26 Å². The summed E-state index contributed by atoms with van der Waals surface area (Å²) >= 11 is 0. The Kier molecular flexibility index (Phi) is 5.27. The van der Waals surface area contributed by atoms with Crippen LogP contribution in [0.5, 0.6) is 0 Å². The summed E-state index contributed by atoms with van der Waals surface area (Å²) in [5.74, 6) is 2.41. The molecule has 42 valence electrons. The molecule has 0 aliphatic rings. The van der Waals surface area contributed by atoms with Crippen LogP contribution in [0.2, 0.25) is 0 Å². The quantitative estimate of drug-likeness (QED) is 0.412. The van der Waals surface area contributed by atoms with Crippen LogP contribution in [0.1, 0.15) is 6.42 Å². The van der Waals surface area contributed by atoms with E-state index in [9.17, 15) is 0 Å². The molecule has 0 aliphatic carbocycles. The molecule has 0 aromatic carbocycles. The zero-order chi connectivity index (χ0) is 6.24. The first-order chi connectivity index (χ1) is 3.91. The smallest absolute Gasteiger partial charge is 0.0635 e. The van der Waals surface area contributed by atoms with Crippen molar-refractivity contribution in [1.29, 1.82) is 5.26 Å². The third kappa shape index (κ3) is 5.01. The monoisotopic (exact) mass is 108 g/mol. The van der Waals surface area contributed by atoms with Crippen molar-refractivity contribution in [3.63, 3.8) is 0 Å². The molecular weight excluding hydrogens is 100 g/mol. The number of hydrogen-bond donors (Lipinski definition) is 1. The molecule has 8 heavy (non-hydrogen) atoms. The Balaban J connectivity index is 2.77. The zero-order valence-corrected chi connectivity index (χ0v) is 4.65. The van der Waals surface area contributed by atoms with Crippen LogP contribution in [0, 0.1) is 23.7 Å². The number of nitriles is 1. The van der Waals surface area contributed by atoms with Gasteiger partial charge in [0.25, 0.3) is 0 Å². The molecule has 0 aromatic heterocycles. The number of rotatable bonds is 3. The van der Waals surface area contributed by atoms with Gasteiger partial charge in [-0.1, -0.05) is 5.92 Å². The van der Waals surface area contributed by atoms with E-state index in [1.54, 1.807) is 0 Å². The lowest BCUT2D eigenvalue weighted by atomic mass is 10.4. The first kappa shape index (κ1) is 7.01. The second kappa shape index (κ2) is 6.01. The largest absolute Gasteiger partial charge is 0.305 e. The minimum atomic E-state index is 0.529. The summed E-state index contributed by atoms with van der Waals surface area (Å²) < 4.78 is 0. The maximum atomic E-state index is 8.02. The molecule has 0 radical (unpaired) electrons. The zero-order valence-electron chi connectivity index (χ0n) is 4.65. The summed E-state index contributed by atoms with van der Waals surface area (Å²) in [6.07, 6.45) is 5.44. The second-order valence-electron chi connectivity index (χ2n) is 1.29. The minimum absolute atomic E-state index is 0.529. The van der Waals surface area contributed by atoms with Gasteiger partial charge in [-0.05, 0) is 0 Å². The maximum absolute atomic E-state index is 8.02. The lowest BCUT2D eigenvalue weighted by Gasteiger charge is -1.90. The van der Waals surface area contributed by atoms with E-state index < -0.39 is 0 Å². The normalized spacial score (nSPS) is 7.25. The lowest BCUT2D eigenvalue weighted by Crippen LogP contribution is -2.14. The first-order valence-corrected chi connectivity index (χ1v) is 2.43. The van der Waals surface area contributed by atoms with Crippen LogP contribution >= 0.6 is 0 Å². The molecule has 0 amide bonds. The molecule has 0 rings (SSSR count). The standard InChI is InChI=1S/C6H8N2/c1-2-5-8-6-3-4-7/h1,8H,3,5-6H2. The molecule has 0 heterocycles. The predicted octanol–water partition coefficient (Wildman–Crippen LogP) is 0.123. The molecule has 1 N–H and O–H groups in total. The van der Waals surface area contributed by atoms with Gasteiger partial charge in [0.15, 0.2) is 0 Å². The fourth-order valence-corrected chi connectivity index (χ4v) is 0.305. The molecule has 0 fully saturated rings. The topological polar surface area (TPSA) is 35.8 Å². The van der Waals surface area contributed by atoms with Crippen molar-refractivity contribution in [3.8, 4) is 18.4 Å². The minimum Gasteiger partial charge on any atom is -0.305 e. The number of terminal acetylenes is 1. The molecule has 0 saturated heterocycles. The van der Waals surface area contributed by atoms with E-state index in [1.165, 1.54) is 0 Å². The van der Waals surface area contributed by atoms with Crippen molar-refractivity contribution in [1.82, 2.24) is 5.32 Å². The molecular formula is C6H8N2. The molecule has 0 saturated carbocycles. The highest BCUT2D eigenvalue weighted by Crippen LogP contribution is 1.66. The molecule has 0 atom stereocenters. The van der Waals surface area contributed by atoms with Crippen molar-refractivity contribution in [2.24, 2.45) is 0 Å². The highest BCUT2D eigenvalue weighted by molar-refractivity contribution is 4.86. The van der Waals surface area contributed by atoms with Crippen molar-refractivity contribution < 1.29 is 0 Å². The summed E-state index contributed by atoms with van der Waals surface area (Å²) in [6.45, 7) is 1.25. The Morgan fingerprint density at radius 1 is 1.62 bits per heavy atom. The molecule has 2 heteroatoms. The average Bonchev–Trinajstić information content (AvgIpc) is 1.81. The van der Waals surface area contributed by atoms with Gasteiger partial charge in [0, 0.05) is 13.0 Å². The summed E-state index contributed by atoms with van der Waals surface area (Å²) in [5, 5.41) is 10.9. The van der Waals surface area contributed by atoms with Crippen LogP contribution in [0.3, 0.4) is 0 Å². The van der Waals surface area contributed by atoms with Gasteiger partial charge in [-0.3, -0.25) is 0 Å². The Labute approximate surface area is 49.5 Å². The van der Waals surface area contributed by atoms with E-state index in [-0.39, 0.29) is 0 Å². The summed E-state index contributed by atoms with van der Waals surface area (Å²) in [6, 6.07) is 2.00. The molecule has 2 nitrogen and oxygen atoms in total. The average molecular weight is 108 g/mol. The van der Waals surface area contributed by atoms with Gasteiger partial charge in [0.2, 0.25) is 0 Å². The first-order valence-electron chi connectivity index (χ1n) is 2.43. The highest BCUT2D eigenvalue weighted by atomic mass is 14.8. The van der Waals surface area contributed by atoms with E-state index in [2.05, 4.69) is 11.2 Å². The van der Waals surface area contributed by atoms with Crippen molar-refractivity contribution >= 4 is 0 Å². The summed E-state index contributed by atoms with van der Waals surface area (Å²) in [7, 11) is 0. The van der Waals surface area contributed by atoms with Gasteiger partial charge in [0.1, 0.15) is 0 Å². The molecule has 0 unspecified atom stereocenters. The summed E-state index contributed by atoms with van der Waals surface area (Å²) in [5.41, 5.74) is 0. The van der Waals surface area contributed by atoms with Gasteiger partial charge < -0.3 is 5.32 Å². The fourth-order valence-electron chi connectivity index (χ4n) is 0.305. The third-order valence-electron chi connectivity index (χ3n) is 0.641. The van der Waals surface area contributed by atoms with Gasteiger partial charge in [-0.25, -0.2) is 0 Å². The number of nitrogens with zero attached hydrogens (tertiary/aromatic N) is 1. The van der Waals surface area contributed by atoms with Gasteiger partial charge >= 0.3 is 0 Å². The Morgan fingerprint density at radius 3 is 2.88 bits per heavy atom. The predicted molar refractivity (Wildman–Crippen MR) is 31.9 cm³/mol. The Hall–Kier alpha value is -0.990. The number of nitrogens with one attached hydrogen (secondary N) is 1. The summed E-state index contributed by atoms with van der Waals surface area (Å²) in [4.78, 5) is 0. The molecule has 0 aromatic rings. The van der Waals surface area contributed by atoms with E-state index in [1.807, 2.05) is 6.07 Å². The second-order valence-corrected chi connectivity index (χ2v) is 1.29. The van der Waals surface area contributed by atoms with Gasteiger partial charge in [-0.15, -0.1) is 6.42 Å². The van der Waals surface area contributed by atoms with Crippen LogP contribution in [-0.2, 0) is 0 Å². The van der Waals surface area contributed by atoms with Crippen LogP contribution in [0.4, 0.5) is 0 Å². The Bertz CT molecular complexity index is 99.5. The van der Waals surface area contributed by atoms with Crippen LogP contribution in [0.25, 0.3) is 0 Å². The molecule has 0 aliphatic heterocycles. The Morgan fingerprint density at radius 2 is 2.38 bits per heavy atom. The van der Waals surface area contributed by atoms with Gasteiger partial charge in [0.05, 0.1) is 12.6 Å². The van der Waals surface area contributed by atoms with Crippen LogP contribution in [-0.4, -0.2) is 13.1 Å². The van der Waals surface area contributed by atoms with Crippen molar-refractivity contribution in [3.05, 3.63) is 0 Å². The van der Waals surface area contributed by atoms with E-state index in [4.69, 9.17) is 11.7 Å². The molecule has 0 spiro atoms. The lowest BCUT2D eigenvalue weighted by molar-refractivity contribution is 0.771. The number of hydrogen-bond acceptors (Lipinski definition) is 2. The van der Waals surface area contributed by atoms with Crippen LogP contribution in [0.15, 0.2) is 0 Å².